The van der Waals surface area contributed by atoms with E-state index in [1.165, 1.54) is 19.2 Å². The normalized spacial score (nSPS) is 13.5. The molecule has 6 heteroatoms. The van der Waals surface area contributed by atoms with Gasteiger partial charge in [-0.1, -0.05) is 41.9 Å². The van der Waals surface area contributed by atoms with E-state index in [4.69, 9.17) is 11.6 Å². The maximum Gasteiger partial charge on any atom is 0.333 e. The highest BCUT2D eigenvalue weighted by Gasteiger charge is 2.37. The van der Waals surface area contributed by atoms with E-state index >= 15 is 0 Å². The molecule has 1 aromatic heterocycles. The Labute approximate surface area is 120 Å². The standard InChI is InChI=1S/C14H13ClN2O3/c1-14(13(19)20,9-5-3-2-4-6-9)17-12(18)11-7-10(15)8-16-11/h2-8,16H,1H3,(H,17,18)(H,19,20). The molecule has 1 amide bonds. The quantitative estimate of drug-likeness (QED) is 0.809. The number of carboxylic acid groups (broad SMARTS) is 1. The number of rotatable bonds is 4. The Hall–Kier alpha value is -2.27. The van der Waals surface area contributed by atoms with Gasteiger partial charge in [-0.15, -0.1) is 0 Å². The predicted octanol–water partition coefficient (Wildman–Crippen LogP) is 2.40. The van der Waals surface area contributed by atoms with Crippen molar-refractivity contribution in [1.29, 1.82) is 0 Å². The van der Waals surface area contributed by atoms with Crippen molar-refractivity contribution in [2.45, 2.75) is 12.5 Å². The molecular weight excluding hydrogens is 280 g/mol. The highest BCUT2D eigenvalue weighted by Crippen LogP contribution is 2.22. The lowest BCUT2D eigenvalue weighted by molar-refractivity contribution is -0.144. The van der Waals surface area contributed by atoms with Gasteiger partial charge in [0.25, 0.3) is 5.91 Å². The van der Waals surface area contributed by atoms with Crippen molar-refractivity contribution < 1.29 is 14.7 Å². The van der Waals surface area contributed by atoms with E-state index < -0.39 is 17.4 Å². The zero-order valence-corrected chi connectivity index (χ0v) is 11.4. The molecular formula is C14H13ClN2O3. The molecule has 0 aliphatic heterocycles. The molecule has 1 heterocycles. The summed E-state index contributed by atoms with van der Waals surface area (Å²) in [5.41, 5.74) is -0.826. The zero-order valence-electron chi connectivity index (χ0n) is 10.7. The summed E-state index contributed by atoms with van der Waals surface area (Å²) < 4.78 is 0. The Morgan fingerprint density at radius 1 is 1.30 bits per heavy atom. The average molecular weight is 293 g/mol. The topological polar surface area (TPSA) is 82.2 Å². The largest absolute Gasteiger partial charge is 0.479 e. The van der Waals surface area contributed by atoms with Crippen LogP contribution in [0.4, 0.5) is 0 Å². The minimum Gasteiger partial charge on any atom is -0.479 e. The molecule has 2 aromatic rings. The maximum absolute atomic E-state index is 12.1. The molecule has 0 aliphatic rings. The first-order valence-corrected chi connectivity index (χ1v) is 6.26. The van der Waals surface area contributed by atoms with E-state index in [9.17, 15) is 14.7 Å². The lowest BCUT2D eigenvalue weighted by Gasteiger charge is -2.26. The van der Waals surface area contributed by atoms with E-state index in [1.807, 2.05) is 0 Å². The van der Waals surface area contributed by atoms with E-state index in [-0.39, 0.29) is 5.69 Å². The number of aliphatic carboxylic acids is 1. The third-order valence-electron chi connectivity index (χ3n) is 3.03. The summed E-state index contributed by atoms with van der Waals surface area (Å²) in [6, 6.07) is 9.94. The Morgan fingerprint density at radius 3 is 2.45 bits per heavy atom. The van der Waals surface area contributed by atoms with Crippen molar-refractivity contribution in [3.63, 3.8) is 0 Å². The fourth-order valence-corrected chi connectivity index (χ4v) is 1.98. The highest BCUT2D eigenvalue weighted by atomic mass is 35.5. The van der Waals surface area contributed by atoms with Gasteiger partial charge in [-0.05, 0) is 18.6 Å². The molecule has 0 spiro atoms. The van der Waals surface area contributed by atoms with Gasteiger partial charge in [0.2, 0.25) is 0 Å². The Bertz CT molecular complexity index is 639. The van der Waals surface area contributed by atoms with Crippen LogP contribution in [-0.4, -0.2) is 22.0 Å². The van der Waals surface area contributed by atoms with Crippen LogP contribution in [-0.2, 0) is 10.3 Å². The molecule has 1 unspecified atom stereocenters. The average Bonchev–Trinajstić information content (AvgIpc) is 2.86. The minimum atomic E-state index is -1.52. The van der Waals surface area contributed by atoms with Gasteiger partial charge in [-0.3, -0.25) is 4.79 Å². The zero-order chi connectivity index (χ0) is 14.8. The molecule has 0 bridgehead atoms. The molecule has 0 aliphatic carbocycles. The summed E-state index contributed by atoms with van der Waals surface area (Å²) in [6.07, 6.45) is 1.46. The summed E-state index contributed by atoms with van der Waals surface area (Å²) in [5, 5.41) is 12.3. The van der Waals surface area contributed by atoms with Crippen molar-refractivity contribution in [2.75, 3.05) is 0 Å². The molecule has 0 radical (unpaired) electrons. The lowest BCUT2D eigenvalue weighted by Crippen LogP contribution is -2.49. The molecule has 1 atom stereocenters. The fraction of sp³-hybridized carbons (Fsp3) is 0.143. The number of hydrogen-bond acceptors (Lipinski definition) is 2. The van der Waals surface area contributed by atoms with Gasteiger partial charge in [-0.2, -0.15) is 0 Å². The number of carbonyl (C=O) groups is 2. The number of nitrogens with one attached hydrogen (secondary N) is 2. The third-order valence-corrected chi connectivity index (χ3v) is 3.25. The van der Waals surface area contributed by atoms with E-state index in [0.29, 0.717) is 10.6 Å². The number of halogens is 1. The van der Waals surface area contributed by atoms with Crippen LogP contribution in [0.15, 0.2) is 42.6 Å². The number of aromatic amines is 1. The monoisotopic (exact) mass is 292 g/mol. The Kier molecular flexibility index (Phi) is 3.81. The van der Waals surface area contributed by atoms with Gasteiger partial charge in [0.15, 0.2) is 5.54 Å². The Balaban J connectivity index is 2.31. The molecule has 104 valence electrons. The summed E-state index contributed by atoms with van der Waals surface area (Å²) in [5.74, 6) is -1.68. The number of H-pyrrole nitrogens is 1. The van der Waals surface area contributed by atoms with Gasteiger partial charge in [0.1, 0.15) is 5.69 Å². The fourth-order valence-electron chi connectivity index (χ4n) is 1.81. The molecule has 2 rings (SSSR count). The molecule has 1 aromatic carbocycles. The molecule has 0 fully saturated rings. The summed E-state index contributed by atoms with van der Waals surface area (Å²) in [7, 11) is 0. The molecule has 20 heavy (non-hydrogen) atoms. The number of hydrogen-bond donors (Lipinski definition) is 3. The number of amides is 1. The number of carboxylic acids is 1. The third kappa shape index (κ3) is 2.67. The first-order chi connectivity index (χ1) is 9.43. The van der Waals surface area contributed by atoms with Crippen LogP contribution in [0.1, 0.15) is 23.0 Å². The molecule has 0 saturated carbocycles. The summed E-state index contributed by atoms with van der Waals surface area (Å²) in [6.45, 7) is 1.44. The highest BCUT2D eigenvalue weighted by molar-refractivity contribution is 6.31. The molecule has 0 saturated heterocycles. The first-order valence-electron chi connectivity index (χ1n) is 5.89. The van der Waals surface area contributed by atoms with Crippen LogP contribution >= 0.6 is 11.6 Å². The number of benzene rings is 1. The summed E-state index contributed by atoms with van der Waals surface area (Å²) >= 11 is 5.73. The second-order valence-electron chi connectivity index (χ2n) is 4.48. The van der Waals surface area contributed by atoms with Gasteiger partial charge in [0.05, 0.1) is 5.02 Å². The number of aromatic nitrogens is 1. The second kappa shape index (κ2) is 5.38. The van der Waals surface area contributed by atoms with Gasteiger partial charge in [-0.25, -0.2) is 4.79 Å². The van der Waals surface area contributed by atoms with Crippen LogP contribution in [0.25, 0.3) is 0 Å². The molecule has 5 nitrogen and oxygen atoms in total. The number of carbonyl (C=O) groups excluding carboxylic acids is 1. The summed E-state index contributed by atoms with van der Waals surface area (Å²) in [4.78, 5) is 26.3. The first kappa shape index (κ1) is 14.1. The SMILES string of the molecule is CC(NC(=O)c1cc(Cl)c[nH]1)(C(=O)O)c1ccccc1. The van der Waals surface area contributed by atoms with Gasteiger partial charge in [0, 0.05) is 6.20 Å². The smallest absolute Gasteiger partial charge is 0.333 e. The Morgan fingerprint density at radius 2 is 1.95 bits per heavy atom. The van der Waals surface area contributed by atoms with Crippen LogP contribution in [0, 0.1) is 0 Å². The second-order valence-corrected chi connectivity index (χ2v) is 4.92. The van der Waals surface area contributed by atoms with Crippen LogP contribution in [0.5, 0.6) is 0 Å². The van der Waals surface area contributed by atoms with Crippen LogP contribution in [0.2, 0.25) is 5.02 Å². The maximum atomic E-state index is 12.1. The van der Waals surface area contributed by atoms with E-state index in [1.54, 1.807) is 30.3 Å². The van der Waals surface area contributed by atoms with Crippen molar-refractivity contribution in [3.8, 4) is 0 Å². The molecule has 3 N–H and O–H groups in total. The van der Waals surface area contributed by atoms with Gasteiger partial charge >= 0.3 is 5.97 Å². The van der Waals surface area contributed by atoms with E-state index in [2.05, 4.69) is 10.3 Å². The van der Waals surface area contributed by atoms with Gasteiger partial charge < -0.3 is 15.4 Å². The van der Waals surface area contributed by atoms with Crippen molar-refractivity contribution >= 4 is 23.5 Å². The van der Waals surface area contributed by atoms with Crippen molar-refractivity contribution in [2.24, 2.45) is 0 Å². The predicted molar refractivity (Wildman–Crippen MR) is 74.7 cm³/mol. The lowest BCUT2D eigenvalue weighted by atomic mass is 9.92. The van der Waals surface area contributed by atoms with Crippen LogP contribution < -0.4 is 5.32 Å². The van der Waals surface area contributed by atoms with Crippen molar-refractivity contribution in [1.82, 2.24) is 10.3 Å². The van der Waals surface area contributed by atoms with Crippen LogP contribution in [0.3, 0.4) is 0 Å². The van der Waals surface area contributed by atoms with Crippen molar-refractivity contribution in [3.05, 3.63) is 58.9 Å². The minimum absolute atomic E-state index is 0.207. The van der Waals surface area contributed by atoms with E-state index in [0.717, 1.165) is 0 Å².